The largest absolute Gasteiger partial charge is 0.343 e. The van der Waals surface area contributed by atoms with Crippen LogP contribution < -0.4 is 5.32 Å². The van der Waals surface area contributed by atoms with Crippen molar-refractivity contribution < 1.29 is 14.4 Å². The highest BCUT2D eigenvalue weighted by atomic mass is 16.2. The van der Waals surface area contributed by atoms with Gasteiger partial charge in [0.25, 0.3) is 0 Å². The van der Waals surface area contributed by atoms with Gasteiger partial charge in [-0.3, -0.25) is 14.4 Å². The van der Waals surface area contributed by atoms with Crippen LogP contribution in [0.25, 0.3) is 0 Å². The molecular weight excluding hydrogens is 366 g/mol. The van der Waals surface area contributed by atoms with Gasteiger partial charge in [-0.05, 0) is 56.6 Å². The number of anilines is 1. The standard InChI is InChI=1S/C23H31N3O3/c27-21(9-8-19-16-18-6-2-3-7-20(18)24-22(19)28)25-14-10-17(11-15-25)23(29)26-12-4-1-5-13-26/h2-3,6-7,17,19H,1,4-5,8-16H2,(H,24,28). The zero-order valence-electron chi connectivity index (χ0n) is 17.1. The molecule has 2 fully saturated rings. The average molecular weight is 398 g/mol. The monoisotopic (exact) mass is 397 g/mol. The third-order valence-electron chi connectivity index (χ3n) is 6.68. The first-order chi connectivity index (χ1) is 14.1. The molecule has 3 amide bonds. The maximum Gasteiger partial charge on any atom is 0.227 e. The fourth-order valence-corrected chi connectivity index (χ4v) is 4.85. The Hall–Kier alpha value is -2.37. The lowest BCUT2D eigenvalue weighted by Gasteiger charge is -2.35. The first-order valence-electron chi connectivity index (χ1n) is 11.1. The van der Waals surface area contributed by atoms with Gasteiger partial charge in [0.15, 0.2) is 0 Å². The fourth-order valence-electron chi connectivity index (χ4n) is 4.85. The fraction of sp³-hybridized carbons (Fsp3) is 0.609. The second kappa shape index (κ2) is 8.97. The molecule has 0 aliphatic carbocycles. The molecule has 0 saturated carbocycles. The van der Waals surface area contributed by atoms with Crippen molar-refractivity contribution in [2.45, 2.75) is 51.4 Å². The van der Waals surface area contributed by atoms with Gasteiger partial charge < -0.3 is 15.1 Å². The summed E-state index contributed by atoms with van der Waals surface area (Å²) in [5, 5.41) is 2.96. The van der Waals surface area contributed by atoms with Gasteiger partial charge in [0.05, 0.1) is 0 Å². The van der Waals surface area contributed by atoms with Crippen LogP contribution in [0.3, 0.4) is 0 Å². The lowest BCUT2D eigenvalue weighted by molar-refractivity contribution is -0.141. The topological polar surface area (TPSA) is 69.7 Å². The van der Waals surface area contributed by atoms with Crippen molar-refractivity contribution in [2.24, 2.45) is 11.8 Å². The van der Waals surface area contributed by atoms with E-state index in [2.05, 4.69) is 5.32 Å². The van der Waals surface area contributed by atoms with Crippen LogP contribution in [0.1, 0.15) is 50.5 Å². The molecule has 4 rings (SSSR count). The quantitative estimate of drug-likeness (QED) is 0.849. The predicted octanol–water partition coefficient (Wildman–Crippen LogP) is 2.83. The van der Waals surface area contributed by atoms with Crippen LogP contribution in [-0.4, -0.2) is 53.7 Å². The number of carbonyl (C=O) groups excluding carboxylic acids is 3. The van der Waals surface area contributed by atoms with E-state index >= 15 is 0 Å². The van der Waals surface area contributed by atoms with Gasteiger partial charge in [-0.25, -0.2) is 0 Å². The summed E-state index contributed by atoms with van der Waals surface area (Å²) in [5.41, 5.74) is 2.03. The van der Waals surface area contributed by atoms with E-state index in [0.717, 1.165) is 50.0 Å². The summed E-state index contributed by atoms with van der Waals surface area (Å²) in [6, 6.07) is 7.86. The minimum atomic E-state index is -0.146. The van der Waals surface area contributed by atoms with Crippen molar-refractivity contribution in [3.05, 3.63) is 29.8 Å². The molecule has 3 heterocycles. The second-order valence-corrected chi connectivity index (χ2v) is 8.63. The van der Waals surface area contributed by atoms with Crippen molar-refractivity contribution in [1.29, 1.82) is 0 Å². The molecule has 1 atom stereocenters. The number of piperidine rings is 2. The predicted molar refractivity (Wildman–Crippen MR) is 111 cm³/mol. The molecule has 1 aromatic carbocycles. The van der Waals surface area contributed by atoms with Crippen molar-refractivity contribution in [1.82, 2.24) is 9.80 Å². The Kier molecular flexibility index (Phi) is 6.16. The number of nitrogens with one attached hydrogen (secondary N) is 1. The Bertz CT molecular complexity index is 764. The molecule has 1 aromatic rings. The number of amides is 3. The van der Waals surface area contributed by atoms with Crippen LogP contribution in [0, 0.1) is 11.8 Å². The molecule has 0 radical (unpaired) electrons. The lowest BCUT2D eigenvalue weighted by Crippen LogP contribution is -2.45. The van der Waals surface area contributed by atoms with Crippen LogP contribution in [-0.2, 0) is 20.8 Å². The van der Waals surface area contributed by atoms with E-state index in [-0.39, 0.29) is 29.6 Å². The Morgan fingerprint density at radius 2 is 1.69 bits per heavy atom. The highest BCUT2D eigenvalue weighted by Gasteiger charge is 2.32. The van der Waals surface area contributed by atoms with E-state index in [1.165, 1.54) is 6.42 Å². The molecule has 29 heavy (non-hydrogen) atoms. The third-order valence-corrected chi connectivity index (χ3v) is 6.68. The summed E-state index contributed by atoms with van der Waals surface area (Å²) in [4.78, 5) is 41.6. The van der Waals surface area contributed by atoms with Crippen molar-refractivity contribution >= 4 is 23.4 Å². The van der Waals surface area contributed by atoms with E-state index in [0.29, 0.717) is 32.4 Å². The highest BCUT2D eigenvalue weighted by Crippen LogP contribution is 2.28. The van der Waals surface area contributed by atoms with E-state index < -0.39 is 0 Å². The zero-order valence-corrected chi connectivity index (χ0v) is 17.1. The van der Waals surface area contributed by atoms with Gasteiger partial charge in [0.1, 0.15) is 0 Å². The SMILES string of the molecule is O=C1Nc2ccccc2CC1CCC(=O)N1CCC(C(=O)N2CCCCC2)CC1. The van der Waals surface area contributed by atoms with Crippen LogP contribution in [0.5, 0.6) is 0 Å². The van der Waals surface area contributed by atoms with Gasteiger partial charge in [0, 0.05) is 50.1 Å². The summed E-state index contributed by atoms with van der Waals surface area (Å²) in [6.45, 7) is 3.10. The molecule has 0 bridgehead atoms. The second-order valence-electron chi connectivity index (χ2n) is 8.63. The number of carbonyl (C=O) groups is 3. The number of fused-ring (bicyclic) bond motifs is 1. The highest BCUT2D eigenvalue weighted by molar-refractivity contribution is 5.96. The molecule has 3 aliphatic rings. The first kappa shape index (κ1) is 19.9. The van der Waals surface area contributed by atoms with Crippen LogP contribution in [0.2, 0.25) is 0 Å². The number of rotatable bonds is 4. The molecular formula is C23H31N3O3. The molecule has 1 N–H and O–H groups in total. The molecule has 2 saturated heterocycles. The number of para-hydroxylation sites is 1. The smallest absolute Gasteiger partial charge is 0.227 e. The maximum atomic E-state index is 12.7. The molecule has 3 aliphatic heterocycles. The number of likely N-dealkylation sites (tertiary alicyclic amines) is 2. The third kappa shape index (κ3) is 4.62. The van der Waals surface area contributed by atoms with E-state index in [1.807, 2.05) is 34.1 Å². The molecule has 156 valence electrons. The summed E-state index contributed by atoms with van der Waals surface area (Å²) in [6.07, 6.45) is 6.64. The van der Waals surface area contributed by atoms with Crippen molar-refractivity contribution in [3.8, 4) is 0 Å². The molecule has 6 heteroatoms. The normalized spacial score (nSPS) is 22.8. The molecule has 0 spiro atoms. The Labute approximate surface area is 172 Å². The summed E-state index contributed by atoms with van der Waals surface area (Å²) >= 11 is 0. The maximum absolute atomic E-state index is 12.7. The number of benzene rings is 1. The summed E-state index contributed by atoms with van der Waals surface area (Å²) in [7, 11) is 0. The minimum absolute atomic E-state index is 0.0161. The van der Waals surface area contributed by atoms with Crippen LogP contribution in [0.4, 0.5) is 5.69 Å². The zero-order chi connectivity index (χ0) is 20.2. The van der Waals surface area contributed by atoms with Gasteiger partial charge in [-0.1, -0.05) is 18.2 Å². The Morgan fingerprint density at radius 1 is 0.966 bits per heavy atom. The first-order valence-corrected chi connectivity index (χ1v) is 11.1. The number of hydrogen-bond acceptors (Lipinski definition) is 3. The van der Waals surface area contributed by atoms with Crippen molar-refractivity contribution in [2.75, 3.05) is 31.5 Å². The molecule has 1 unspecified atom stereocenters. The van der Waals surface area contributed by atoms with Crippen molar-refractivity contribution in [3.63, 3.8) is 0 Å². The lowest BCUT2D eigenvalue weighted by atomic mass is 9.89. The number of hydrogen-bond donors (Lipinski definition) is 1. The Morgan fingerprint density at radius 3 is 2.45 bits per heavy atom. The van der Waals surface area contributed by atoms with E-state index in [9.17, 15) is 14.4 Å². The van der Waals surface area contributed by atoms with Crippen LogP contribution in [0.15, 0.2) is 24.3 Å². The summed E-state index contributed by atoms with van der Waals surface area (Å²) < 4.78 is 0. The average Bonchev–Trinajstić information content (AvgIpc) is 2.77. The van der Waals surface area contributed by atoms with Gasteiger partial charge in [-0.15, -0.1) is 0 Å². The van der Waals surface area contributed by atoms with E-state index in [1.54, 1.807) is 0 Å². The molecule has 0 aromatic heterocycles. The Balaban J connectivity index is 1.23. The van der Waals surface area contributed by atoms with Crippen LogP contribution >= 0.6 is 0 Å². The number of nitrogens with zero attached hydrogens (tertiary/aromatic N) is 2. The van der Waals surface area contributed by atoms with Gasteiger partial charge in [0.2, 0.25) is 17.7 Å². The minimum Gasteiger partial charge on any atom is -0.343 e. The summed E-state index contributed by atoms with van der Waals surface area (Å²) in [5.74, 6) is 0.335. The van der Waals surface area contributed by atoms with E-state index in [4.69, 9.17) is 0 Å². The molecule has 6 nitrogen and oxygen atoms in total. The van der Waals surface area contributed by atoms with Gasteiger partial charge >= 0.3 is 0 Å². The van der Waals surface area contributed by atoms with Gasteiger partial charge in [-0.2, -0.15) is 0 Å².